The van der Waals surface area contributed by atoms with Gasteiger partial charge in [0.2, 0.25) is 15.9 Å². The smallest absolute Gasteiger partial charge is 0.308 e. The Labute approximate surface area is 197 Å². The largest absolute Gasteiger partial charge is 0.487 e. The number of nitro benzene ring substituents is 1. The second-order valence-corrected chi connectivity index (χ2v) is 9.92. The first-order valence-corrected chi connectivity index (χ1v) is 11.7. The molecule has 34 heavy (non-hydrogen) atoms. The molecule has 184 valence electrons. The molecular formula is C22H27N3O8S. The number of nitrogens with one attached hydrogen (secondary N) is 2. The van der Waals surface area contributed by atoms with E-state index in [1.807, 2.05) is 0 Å². The molecule has 1 atom stereocenters. The van der Waals surface area contributed by atoms with Crippen LogP contribution in [0.5, 0.6) is 5.75 Å². The van der Waals surface area contributed by atoms with Crippen molar-refractivity contribution in [3.05, 3.63) is 64.2 Å². The highest BCUT2D eigenvalue weighted by Crippen LogP contribution is 2.29. The van der Waals surface area contributed by atoms with E-state index in [0.29, 0.717) is 5.56 Å². The first-order chi connectivity index (χ1) is 15.8. The average molecular weight is 494 g/mol. The van der Waals surface area contributed by atoms with Gasteiger partial charge in [-0.1, -0.05) is 30.3 Å². The van der Waals surface area contributed by atoms with Gasteiger partial charge in [0.15, 0.2) is 0 Å². The van der Waals surface area contributed by atoms with Crippen LogP contribution in [0.4, 0.5) is 5.69 Å². The maximum absolute atomic E-state index is 13.1. The summed E-state index contributed by atoms with van der Waals surface area (Å²) in [5.74, 6) is -1.82. The summed E-state index contributed by atoms with van der Waals surface area (Å²) in [6.07, 6.45) is -0.566. The monoisotopic (exact) mass is 493 g/mol. The third kappa shape index (κ3) is 7.81. The van der Waals surface area contributed by atoms with Crippen molar-refractivity contribution in [2.45, 2.75) is 50.3 Å². The number of hydrogen-bond acceptors (Lipinski definition) is 8. The molecule has 1 amide bonds. The van der Waals surface area contributed by atoms with Crippen molar-refractivity contribution >= 4 is 27.6 Å². The Morgan fingerprint density at radius 3 is 2.32 bits per heavy atom. The zero-order chi connectivity index (χ0) is 25.5. The SMILES string of the molecule is CNC(=O)C(CC(=O)OC(C)(C)C)NS(=O)(=O)c1ccc([N+](=O)[O-])cc1OCc1ccccc1. The molecule has 0 bridgehead atoms. The summed E-state index contributed by atoms with van der Waals surface area (Å²) in [6, 6.07) is 10.3. The van der Waals surface area contributed by atoms with Crippen LogP contribution in [0.15, 0.2) is 53.4 Å². The van der Waals surface area contributed by atoms with Gasteiger partial charge in [0, 0.05) is 13.1 Å². The van der Waals surface area contributed by atoms with Gasteiger partial charge >= 0.3 is 5.97 Å². The van der Waals surface area contributed by atoms with Crippen molar-refractivity contribution in [2.75, 3.05) is 7.05 Å². The topological polar surface area (TPSA) is 154 Å². The molecule has 0 aliphatic heterocycles. The van der Waals surface area contributed by atoms with Crippen molar-refractivity contribution in [3.8, 4) is 5.75 Å². The lowest BCUT2D eigenvalue weighted by Crippen LogP contribution is -2.47. The number of sulfonamides is 1. The molecule has 0 saturated heterocycles. The molecule has 2 aromatic carbocycles. The molecular weight excluding hydrogens is 466 g/mol. The lowest BCUT2D eigenvalue weighted by Gasteiger charge is -2.22. The Balaban J connectivity index is 2.36. The molecule has 2 aromatic rings. The fourth-order valence-corrected chi connectivity index (χ4v) is 4.16. The number of rotatable bonds is 10. The number of hydrogen-bond donors (Lipinski definition) is 2. The van der Waals surface area contributed by atoms with Crippen LogP contribution in [0, 0.1) is 10.1 Å². The molecule has 0 radical (unpaired) electrons. The summed E-state index contributed by atoms with van der Waals surface area (Å²) in [5.41, 5.74) is -0.503. The van der Waals surface area contributed by atoms with Crippen LogP contribution in [0.2, 0.25) is 0 Å². The number of ether oxygens (including phenoxy) is 2. The van der Waals surface area contributed by atoms with Crippen LogP contribution in [-0.2, 0) is 31.0 Å². The summed E-state index contributed by atoms with van der Waals surface area (Å²) in [5, 5.41) is 13.5. The number of esters is 1. The van der Waals surface area contributed by atoms with Crippen molar-refractivity contribution in [3.63, 3.8) is 0 Å². The second kappa shape index (κ2) is 11.1. The molecule has 12 heteroatoms. The molecule has 0 heterocycles. The third-order valence-electron chi connectivity index (χ3n) is 4.32. The van der Waals surface area contributed by atoms with Gasteiger partial charge in [-0.2, -0.15) is 4.72 Å². The fraction of sp³-hybridized carbons (Fsp3) is 0.364. The standard InChI is InChI=1S/C22H27N3O8S/c1-22(2,3)33-20(26)13-17(21(27)23-4)24-34(30,31)19-11-10-16(25(28)29)12-18(19)32-14-15-8-6-5-7-9-15/h5-12,17,24H,13-14H2,1-4H3,(H,23,27). The summed E-state index contributed by atoms with van der Waals surface area (Å²) in [4.78, 5) is 34.6. The third-order valence-corrected chi connectivity index (χ3v) is 5.83. The van der Waals surface area contributed by atoms with E-state index in [-0.39, 0.29) is 18.0 Å². The number of amides is 1. The van der Waals surface area contributed by atoms with E-state index < -0.39 is 49.8 Å². The normalized spacial score (nSPS) is 12.5. The number of nitro groups is 1. The highest BCUT2D eigenvalue weighted by Gasteiger charge is 2.31. The van der Waals surface area contributed by atoms with Crippen LogP contribution in [0.3, 0.4) is 0 Å². The van der Waals surface area contributed by atoms with Crippen LogP contribution < -0.4 is 14.8 Å². The number of nitrogens with zero attached hydrogens (tertiary/aromatic N) is 1. The summed E-state index contributed by atoms with van der Waals surface area (Å²) < 4.78 is 39.3. The first-order valence-electron chi connectivity index (χ1n) is 10.2. The average Bonchev–Trinajstić information content (AvgIpc) is 2.75. The van der Waals surface area contributed by atoms with E-state index in [4.69, 9.17) is 9.47 Å². The van der Waals surface area contributed by atoms with E-state index >= 15 is 0 Å². The molecule has 2 rings (SSSR count). The summed E-state index contributed by atoms with van der Waals surface area (Å²) in [7, 11) is -3.16. The van der Waals surface area contributed by atoms with Crippen molar-refractivity contribution in [1.29, 1.82) is 0 Å². The fourth-order valence-electron chi connectivity index (χ4n) is 2.84. The highest BCUT2D eigenvalue weighted by molar-refractivity contribution is 7.89. The Hall–Kier alpha value is -3.51. The van der Waals surface area contributed by atoms with E-state index in [1.54, 1.807) is 51.1 Å². The number of benzene rings is 2. The van der Waals surface area contributed by atoms with Crippen LogP contribution in [0.1, 0.15) is 32.8 Å². The van der Waals surface area contributed by atoms with Gasteiger partial charge in [-0.3, -0.25) is 19.7 Å². The molecule has 0 aliphatic carbocycles. The van der Waals surface area contributed by atoms with Crippen LogP contribution >= 0.6 is 0 Å². The Morgan fingerprint density at radius 2 is 1.76 bits per heavy atom. The molecule has 11 nitrogen and oxygen atoms in total. The zero-order valence-corrected chi connectivity index (χ0v) is 20.0. The Morgan fingerprint density at radius 1 is 1.12 bits per heavy atom. The van der Waals surface area contributed by atoms with Gasteiger partial charge in [0.25, 0.3) is 5.69 Å². The molecule has 0 aliphatic rings. The molecule has 0 fully saturated rings. The van der Waals surface area contributed by atoms with E-state index in [2.05, 4.69) is 10.0 Å². The molecule has 0 spiro atoms. The summed E-state index contributed by atoms with van der Waals surface area (Å²) in [6.45, 7) is 4.85. The maximum atomic E-state index is 13.1. The quantitative estimate of drug-likeness (QED) is 0.290. The van der Waals surface area contributed by atoms with Gasteiger partial charge in [0.1, 0.15) is 28.9 Å². The van der Waals surface area contributed by atoms with Gasteiger partial charge in [0.05, 0.1) is 17.4 Å². The number of likely N-dealkylation sites (N-methyl/N-ethyl adjacent to an activating group) is 1. The van der Waals surface area contributed by atoms with Gasteiger partial charge in [-0.25, -0.2) is 8.42 Å². The first kappa shape index (κ1) is 26.7. The van der Waals surface area contributed by atoms with E-state index in [9.17, 15) is 28.1 Å². The minimum absolute atomic E-state index is 0.0543. The minimum atomic E-state index is -4.45. The van der Waals surface area contributed by atoms with Gasteiger partial charge in [-0.15, -0.1) is 0 Å². The summed E-state index contributed by atoms with van der Waals surface area (Å²) >= 11 is 0. The number of carbonyl (C=O) groups is 2. The predicted octanol–water partition coefficient (Wildman–Crippen LogP) is 2.30. The molecule has 1 unspecified atom stereocenters. The maximum Gasteiger partial charge on any atom is 0.308 e. The Bertz CT molecular complexity index is 1140. The van der Waals surface area contributed by atoms with Gasteiger partial charge < -0.3 is 14.8 Å². The van der Waals surface area contributed by atoms with Crippen molar-refractivity contribution in [2.24, 2.45) is 0 Å². The predicted molar refractivity (Wildman–Crippen MR) is 123 cm³/mol. The van der Waals surface area contributed by atoms with Crippen molar-refractivity contribution in [1.82, 2.24) is 10.0 Å². The Kier molecular flexibility index (Phi) is 8.71. The molecule has 2 N–H and O–H groups in total. The molecule has 0 aromatic heterocycles. The number of non-ortho nitro benzene ring substituents is 1. The highest BCUT2D eigenvalue weighted by atomic mass is 32.2. The molecule has 0 saturated carbocycles. The minimum Gasteiger partial charge on any atom is -0.487 e. The van der Waals surface area contributed by atoms with Crippen molar-refractivity contribution < 1.29 is 32.4 Å². The number of carbonyl (C=O) groups excluding carboxylic acids is 2. The van der Waals surface area contributed by atoms with Crippen LogP contribution in [0.25, 0.3) is 0 Å². The lowest BCUT2D eigenvalue weighted by molar-refractivity contribution is -0.385. The van der Waals surface area contributed by atoms with E-state index in [1.165, 1.54) is 7.05 Å². The van der Waals surface area contributed by atoms with Crippen LogP contribution in [-0.4, -0.2) is 43.9 Å². The van der Waals surface area contributed by atoms with Gasteiger partial charge in [-0.05, 0) is 32.4 Å². The van der Waals surface area contributed by atoms with E-state index in [0.717, 1.165) is 18.2 Å². The lowest BCUT2D eigenvalue weighted by atomic mass is 10.1. The second-order valence-electron chi connectivity index (χ2n) is 8.24. The zero-order valence-electron chi connectivity index (χ0n) is 19.2.